The molecule has 15 heavy (non-hydrogen) atoms. The Bertz CT molecular complexity index is 155. The SMILES string of the molecule is CCCCCCl.O=C(O)N1CCCCC1. The van der Waals surface area contributed by atoms with Crippen LogP contribution < -0.4 is 0 Å². The number of carbonyl (C=O) groups is 1. The summed E-state index contributed by atoms with van der Waals surface area (Å²) in [5.74, 6) is 0.827. The second-order valence-electron chi connectivity index (χ2n) is 3.73. The summed E-state index contributed by atoms with van der Waals surface area (Å²) >= 11 is 5.38. The molecule has 0 bridgehead atoms. The molecule has 1 aliphatic rings. The van der Waals surface area contributed by atoms with Crippen molar-refractivity contribution in [3.8, 4) is 0 Å². The summed E-state index contributed by atoms with van der Waals surface area (Å²) in [6, 6.07) is 0. The molecular formula is C11H22ClNO2. The van der Waals surface area contributed by atoms with E-state index >= 15 is 0 Å². The van der Waals surface area contributed by atoms with Crippen LogP contribution in [0.1, 0.15) is 45.4 Å². The standard InChI is InChI=1S/C6H11NO2.C5H11Cl/c8-6(9)7-4-2-1-3-5-7;1-2-3-4-5-6/h1-5H2,(H,8,9);2-5H2,1H3. The van der Waals surface area contributed by atoms with Gasteiger partial charge in [0.15, 0.2) is 0 Å². The van der Waals surface area contributed by atoms with E-state index in [1.165, 1.54) is 30.6 Å². The average Bonchev–Trinajstić information content (AvgIpc) is 2.28. The van der Waals surface area contributed by atoms with Crippen LogP contribution in [0.2, 0.25) is 0 Å². The summed E-state index contributed by atoms with van der Waals surface area (Å²) in [6.45, 7) is 3.64. The summed E-state index contributed by atoms with van der Waals surface area (Å²) in [4.78, 5) is 11.8. The molecule has 1 amide bonds. The van der Waals surface area contributed by atoms with Gasteiger partial charge in [0.25, 0.3) is 0 Å². The van der Waals surface area contributed by atoms with Gasteiger partial charge in [-0.1, -0.05) is 19.8 Å². The highest BCUT2D eigenvalue weighted by molar-refractivity contribution is 6.17. The van der Waals surface area contributed by atoms with Crippen molar-refractivity contribution in [2.75, 3.05) is 19.0 Å². The Morgan fingerprint density at radius 2 is 1.87 bits per heavy atom. The first-order valence-corrected chi connectivity index (χ1v) is 6.29. The summed E-state index contributed by atoms with van der Waals surface area (Å²) in [7, 11) is 0. The molecule has 0 aromatic heterocycles. The highest BCUT2D eigenvalue weighted by Crippen LogP contribution is 2.07. The molecule has 1 N–H and O–H groups in total. The van der Waals surface area contributed by atoms with Crippen molar-refractivity contribution in [1.82, 2.24) is 4.90 Å². The molecule has 0 spiro atoms. The van der Waals surface area contributed by atoms with Crippen LogP contribution in [0.25, 0.3) is 0 Å². The van der Waals surface area contributed by atoms with E-state index in [-0.39, 0.29) is 0 Å². The van der Waals surface area contributed by atoms with Crippen LogP contribution in [-0.4, -0.2) is 35.1 Å². The van der Waals surface area contributed by atoms with Crippen molar-refractivity contribution in [2.45, 2.75) is 45.4 Å². The number of nitrogens with zero attached hydrogens (tertiary/aromatic N) is 1. The van der Waals surface area contributed by atoms with E-state index in [1.54, 1.807) is 0 Å². The minimum Gasteiger partial charge on any atom is -0.465 e. The molecule has 0 radical (unpaired) electrons. The van der Waals surface area contributed by atoms with Gasteiger partial charge in [-0.25, -0.2) is 4.79 Å². The smallest absolute Gasteiger partial charge is 0.407 e. The molecule has 3 nitrogen and oxygen atoms in total. The van der Waals surface area contributed by atoms with Crippen LogP contribution in [0.4, 0.5) is 4.79 Å². The number of rotatable bonds is 3. The summed E-state index contributed by atoms with van der Waals surface area (Å²) in [6.07, 6.45) is 6.21. The highest BCUT2D eigenvalue weighted by atomic mass is 35.5. The van der Waals surface area contributed by atoms with Crippen molar-refractivity contribution in [3.05, 3.63) is 0 Å². The lowest BCUT2D eigenvalue weighted by Gasteiger charge is -2.22. The number of alkyl halides is 1. The van der Waals surface area contributed by atoms with E-state index in [0.29, 0.717) is 0 Å². The number of hydrogen-bond acceptors (Lipinski definition) is 1. The van der Waals surface area contributed by atoms with Crippen molar-refractivity contribution >= 4 is 17.7 Å². The fraction of sp³-hybridized carbons (Fsp3) is 0.909. The van der Waals surface area contributed by atoms with Gasteiger partial charge in [0, 0.05) is 19.0 Å². The van der Waals surface area contributed by atoms with Crippen molar-refractivity contribution in [2.24, 2.45) is 0 Å². The van der Waals surface area contributed by atoms with Gasteiger partial charge in [0.1, 0.15) is 0 Å². The zero-order chi connectivity index (χ0) is 11.5. The molecule has 0 aliphatic carbocycles. The summed E-state index contributed by atoms with van der Waals surface area (Å²) in [5.41, 5.74) is 0. The summed E-state index contributed by atoms with van der Waals surface area (Å²) in [5, 5.41) is 8.46. The second kappa shape index (κ2) is 10.1. The molecule has 0 atom stereocenters. The number of halogens is 1. The van der Waals surface area contributed by atoms with E-state index in [9.17, 15) is 4.79 Å². The predicted octanol–water partition coefficient (Wildman–Crippen LogP) is 3.57. The zero-order valence-electron chi connectivity index (χ0n) is 9.54. The molecule has 1 heterocycles. The molecule has 1 saturated heterocycles. The van der Waals surface area contributed by atoms with E-state index in [1.807, 2.05) is 0 Å². The van der Waals surface area contributed by atoms with Crippen molar-refractivity contribution in [1.29, 1.82) is 0 Å². The fourth-order valence-electron chi connectivity index (χ4n) is 1.43. The van der Waals surface area contributed by atoms with Gasteiger partial charge < -0.3 is 10.0 Å². The number of amides is 1. The van der Waals surface area contributed by atoms with Gasteiger partial charge in [0.2, 0.25) is 0 Å². The van der Waals surface area contributed by atoms with Crippen molar-refractivity contribution < 1.29 is 9.90 Å². The largest absolute Gasteiger partial charge is 0.465 e. The van der Waals surface area contributed by atoms with Crippen LogP contribution in [0.5, 0.6) is 0 Å². The topological polar surface area (TPSA) is 40.5 Å². The molecule has 0 saturated carbocycles. The Labute approximate surface area is 97.4 Å². The third-order valence-corrected chi connectivity index (χ3v) is 2.63. The van der Waals surface area contributed by atoms with Crippen molar-refractivity contribution in [3.63, 3.8) is 0 Å². The number of likely N-dealkylation sites (tertiary alicyclic amines) is 1. The van der Waals surface area contributed by atoms with Crippen LogP contribution in [0.3, 0.4) is 0 Å². The number of carboxylic acid groups (broad SMARTS) is 1. The van der Waals surface area contributed by atoms with Gasteiger partial charge in [-0.15, -0.1) is 11.6 Å². The van der Waals surface area contributed by atoms with E-state index in [4.69, 9.17) is 16.7 Å². The van der Waals surface area contributed by atoms with Crippen LogP contribution >= 0.6 is 11.6 Å². The Morgan fingerprint density at radius 3 is 2.13 bits per heavy atom. The highest BCUT2D eigenvalue weighted by Gasteiger charge is 2.13. The molecule has 90 valence electrons. The molecule has 0 unspecified atom stereocenters. The number of unbranched alkanes of at least 4 members (excludes halogenated alkanes) is 2. The minimum atomic E-state index is -0.769. The Balaban J connectivity index is 0.000000288. The first kappa shape index (κ1) is 14.6. The van der Waals surface area contributed by atoms with Crippen LogP contribution in [0, 0.1) is 0 Å². The lowest BCUT2D eigenvalue weighted by Crippen LogP contribution is -2.34. The molecular weight excluding hydrogens is 214 g/mol. The van der Waals surface area contributed by atoms with Crippen LogP contribution in [-0.2, 0) is 0 Å². The molecule has 4 heteroatoms. The quantitative estimate of drug-likeness (QED) is 0.600. The maximum Gasteiger partial charge on any atom is 0.407 e. The van der Waals surface area contributed by atoms with Gasteiger partial charge in [-0.3, -0.25) is 0 Å². The average molecular weight is 236 g/mol. The van der Waals surface area contributed by atoms with E-state index in [0.717, 1.165) is 31.8 Å². The molecule has 1 rings (SSSR count). The lowest BCUT2D eigenvalue weighted by atomic mass is 10.1. The molecule has 0 aromatic carbocycles. The Morgan fingerprint density at radius 1 is 1.27 bits per heavy atom. The normalized spacial score (nSPS) is 15.5. The van der Waals surface area contributed by atoms with Gasteiger partial charge >= 0.3 is 6.09 Å². The van der Waals surface area contributed by atoms with E-state index < -0.39 is 6.09 Å². The summed E-state index contributed by atoms with van der Waals surface area (Å²) < 4.78 is 0. The van der Waals surface area contributed by atoms with Gasteiger partial charge in [-0.05, 0) is 25.7 Å². The minimum absolute atomic E-state index is 0.731. The Hall–Kier alpha value is -0.440. The van der Waals surface area contributed by atoms with E-state index in [2.05, 4.69) is 6.92 Å². The fourth-order valence-corrected chi connectivity index (χ4v) is 1.62. The second-order valence-corrected chi connectivity index (χ2v) is 4.10. The molecule has 1 fully saturated rings. The predicted molar refractivity (Wildman–Crippen MR) is 63.7 cm³/mol. The number of piperidine rings is 1. The first-order chi connectivity index (χ1) is 7.22. The molecule has 0 aromatic rings. The zero-order valence-corrected chi connectivity index (χ0v) is 10.3. The maximum atomic E-state index is 10.3. The Kier molecular flexibility index (Phi) is 9.79. The number of hydrogen-bond donors (Lipinski definition) is 1. The monoisotopic (exact) mass is 235 g/mol. The third kappa shape index (κ3) is 8.55. The van der Waals surface area contributed by atoms with Gasteiger partial charge in [-0.2, -0.15) is 0 Å². The lowest BCUT2D eigenvalue weighted by molar-refractivity contribution is 0.136. The molecule has 1 aliphatic heterocycles. The maximum absolute atomic E-state index is 10.3. The third-order valence-electron chi connectivity index (χ3n) is 2.36. The first-order valence-electron chi connectivity index (χ1n) is 5.76. The van der Waals surface area contributed by atoms with Crippen LogP contribution in [0.15, 0.2) is 0 Å². The van der Waals surface area contributed by atoms with Gasteiger partial charge in [0.05, 0.1) is 0 Å².